The van der Waals surface area contributed by atoms with E-state index in [9.17, 15) is 9.59 Å². The molecule has 1 aromatic heterocycles. The van der Waals surface area contributed by atoms with E-state index in [2.05, 4.69) is 10.3 Å². The maximum absolute atomic E-state index is 11.7. The second-order valence-electron chi connectivity index (χ2n) is 3.72. The summed E-state index contributed by atoms with van der Waals surface area (Å²) in [7, 11) is 1.55. The number of carbonyl (C=O) groups is 2. The zero-order valence-corrected chi connectivity index (χ0v) is 11.1. The van der Waals surface area contributed by atoms with Crippen LogP contribution in [0.4, 0.5) is 5.69 Å². The molecule has 0 atom stereocenters. The molecule has 98 valence electrons. The molecule has 0 aliphatic heterocycles. The number of benzene rings is 1. The number of hydrogen-bond donors (Lipinski definition) is 1. The Morgan fingerprint density at radius 3 is 2.95 bits per heavy atom. The molecule has 0 radical (unpaired) electrons. The van der Waals surface area contributed by atoms with Gasteiger partial charge in [0.05, 0.1) is 13.5 Å². The summed E-state index contributed by atoms with van der Waals surface area (Å²) in [5, 5.41) is 4.70. The van der Waals surface area contributed by atoms with Gasteiger partial charge in [0.25, 0.3) is 0 Å². The predicted octanol–water partition coefficient (Wildman–Crippen LogP) is 2.36. The third kappa shape index (κ3) is 3.62. The molecular formula is C13H12N2O3S. The maximum Gasteiger partial charge on any atom is 0.232 e. The van der Waals surface area contributed by atoms with Crippen molar-refractivity contribution in [3.63, 3.8) is 0 Å². The third-order valence-electron chi connectivity index (χ3n) is 2.35. The van der Waals surface area contributed by atoms with E-state index in [4.69, 9.17) is 4.74 Å². The van der Waals surface area contributed by atoms with E-state index in [1.54, 1.807) is 36.8 Å². The van der Waals surface area contributed by atoms with Crippen LogP contribution in [-0.2, 0) is 4.79 Å². The summed E-state index contributed by atoms with van der Waals surface area (Å²) >= 11 is 1.22. The molecule has 0 saturated carbocycles. The number of methoxy groups -OCH3 is 1. The van der Waals surface area contributed by atoms with E-state index >= 15 is 0 Å². The molecule has 0 aliphatic carbocycles. The standard InChI is InChI=1S/C13H12N2O3S/c1-18-10-4-2-3-9(7-10)15-12(17)8-11(16)13-14-5-6-19-13/h2-7H,8H2,1H3,(H,15,17). The molecule has 0 spiro atoms. The fourth-order valence-electron chi connectivity index (χ4n) is 1.49. The van der Waals surface area contributed by atoms with Crippen molar-refractivity contribution in [3.8, 4) is 5.75 Å². The van der Waals surface area contributed by atoms with Crippen molar-refractivity contribution in [2.24, 2.45) is 0 Å². The lowest BCUT2D eigenvalue weighted by atomic mass is 10.2. The number of thiazole rings is 1. The second kappa shape index (κ2) is 6.10. The molecule has 0 bridgehead atoms. The molecule has 5 nitrogen and oxygen atoms in total. The first kappa shape index (κ1) is 13.2. The number of ketones is 1. The van der Waals surface area contributed by atoms with Crippen molar-refractivity contribution in [1.29, 1.82) is 0 Å². The highest BCUT2D eigenvalue weighted by molar-refractivity contribution is 7.11. The summed E-state index contributed by atoms with van der Waals surface area (Å²) in [4.78, 5) is 27.3. The van der Waals surface area contributed by atoms with Crippen LogP contribution in [0.25, 0.3) is 0 Å². The van der Waals surface area contributed by atoms with Gasteiger partial charge in [-0.15, -0.1) is 11.3 Å². The Kier molecular flexibility index (Phi) is 4.25. The molecule has 1 heterocycles. The van der Waals surface area contributed by atoms with E-state index in [0.29, 0.717) is 16.4 Å². The lowest BCUT2D eigenvalue weighted by Crippen LogP contribution is -2.16. The Labute approximate surface area is 114 Å². The second-order valence-corrected chi connectivity index (χ2v) is 4.61. The first-order valence-electron chi connectivity index (χ1n) is 5.55. The molecule has 2 aromatic rings. The normalized spacial score (nSPS) is 9.95. The van der Waals surface area contributed by atoms with Gasteiger partial charge in [-0.25, -0.2) is 4.98 Å². The van der Waals surface area contributed by atoms with Crippen LogP contribution in [-0.4, -0.2) is 23.8 Å². The highest BCUT2D eigenvalue weighted by Crippen LogP contribution is 2.17. The molecule has 1 aromatic carbocycles. The number of aromatic nitrogens is 1. The molecule has 1 N–H and O–H groups in total. The number of nitrogens with zero attached hydrogens (tertiary/aromatic N) is 1. The van der Waals surface area contributed by atoms with E-state index < -0.39 is 0 Å². The Morgan fingerprint density at radius 1 is 1.42 bits per heavy atom. The number of rotatable bonds is 5. The fourth-order valence-corrected chi connectivity index (χ4v) is 2.06. The van der Waals surface area contributed by atoms with E-state index in [1.807, 2.05) is 0 Å². The van der Waals surface area contributed by atoms with Crippen molar-refractivity contribution in [2.75, 3.05) is 12.4 Å². The minimum absolute atomic E-state index is 0.218. The number of nitrogens with one attached hydrogen (secondary N) is 1. The lowest BCUT2D eigenvalue weighted by Gasteiger charge is -2.06. The number of hydrogen-bond acceptors (Lipinski definition) is 5. The summed E-state index contributed by atoms with van der Waals surface area (Å²) in [6, 6.07) is 6.95. The minimum Gasteiger partial charge on any atom is -0.497 e. The summed E-state index contributed by atoms with van der Waals surface area (Å²) in [5.74, 6) is -0.00657. The molecule has 2 rings (SSSR count). The van der Waals surface area contributed by atoms with Crippen LogP contribution < -0.4 is 10.1 Å². The first-order valence-corrected chi connectivity index (χ1v) is 6.43. The smallest absolute Gasteiger partial charge is 0.232 e. The molecule has 19 heavy (non-hydrogen) atoms. The predicted molar refractivity (Wildman–Crippen MR) is 72.7 cm³/mol. The number of amides is 1. The van der Waals surface area contributed by atoms with Gasteiger partial charge < -0.3 is 10.1 Å². The third-order valence-corrected chi connectivity index (χ3v) is 3.16. The quantitative estimate of drug-likeness (QED) is 0.672. The molecular weight excluding hydrogens is 264 g/mol. The fraction of sp³-hybridized carbons (Fsp3) is 0.154. The van der Waals surface area contributed by atoms with Gasteiger partial charge >= 0.3 is 0 Å². The van der Waals surface area contributed by atoms with Crippen molar-refractivity contribution < 1.29 is 14.3 Å². The van der Waals surface area contributed by atoms with Crippen LogP contribution in [0.5, 0.6) is 5.75 Å². The van der Waals surface area contributed by atoms with E-state index in [0.717, 1.165) is 0 Å². The summed E-state index contributed by atoms with van der Waals surface area (Å²) in [6.07, 6.45) is 1.32. The number of carbonyl (C=O) groups excluding carboxylic acids is 2. The van der Waals surface area contributed by atoms with Gasteiger partial charge in [0.2, 0.25) is 11.7 Å². The zero-order chi connectivity index (χ0) is 13.7. The van der Waals surface area contributed by atoms with Crippen molar-refractivity contribution in [1.82, 2.24) is 4.98 Å². The SMILES string of the molecule is COc1cccc(NC(=O)CC(=O)c2nccs2)c1. The van der Waals surface area contributed by atoms with Gasteiger partial charge in [0.15, 0.2) is 5.01 Å². The molecule has 0 unspecified atom stereocenters. The summed E-state index contributed by atoms with van der Waals surface area (Å²) in [5.41, 5.74) is 0.594. The Morgan fingerprint density at radius 2 is 2.26 bits per heavy atom. The van der Waals surface area contributed by atoms with Crippen LogP contribution in [0.3, 0.4) is 0 Å². The van der Waals surface area contributed by atoms with Crippen molar-refractivity contribution in [3.05, 3.63) is 40.8 Å². The monoisotopic (exact) mass is 276 g/mol. The van der Waals surface area contributed by atoms with Gasteiger partial charge in [0, 0.05) is 23.3 Å². The number of Topliss-reactive ketones (excluding diaryl/α,β-unsaturated/α-hetero) is 1. The zero-order valence-electron chi connectivity index (χ0n) is 10.3. The topological polar surface area (TPSA) is 68.3 Å². The average Bonchev–Trinajstić information content (AvgIpc) is 2.92. The maximum atomic E-state index is 11.7. The molecule has 0 saturated heterocycles. The van der Waals surface area contributed by atoms with Crippen LogP contribution in [0, 0.1) is 0 Å². The Hall–Kier alpha value is -2.21. The highest BCUT2D eigenvalue weighted by atomic mass is 32.1. The van der Waals surface area contributed by atoms with Crippen molar-refractivity contribution in [2.45, 2.75) is 6.42 Å². The van der Waals surface area contributed by atoms with Gasteiger partial charge in [-0.05, 0) is 12.1 Å². The summed E-state index contributed by atoms with van der Waals surface area (Å²) < 4.78 is 5.05. The first-order chi connectivity index (χ1) is 9.19. The number of anilines is 1. The number of ether oxygens (including phenoxy) is 1. The lowest BCUT2D eigenvalue weighted by molar-refractivity contribution is -0.115. The van der Waals surface area contributed by atoms with Gasteiger partial charge in [-0.1, -0.05) is 6.07 Å². The molecule has 1 amide bonds. The van der Waals surface area contributed by atoms with Crippen LogP contribution in [0.2, 0.25) is 0 Å². The largest absolute Gasteiger partial charge is 0.497 e. The van der Waals surface area contributed by atoms with Crippen LogP contribution in [0.1, 0.15) is 16.2 Å². The van der Waals surface area contributed by atoms with E-state index in [-0.39, 0.29) is 18.1 Å². The highest BCUT2D eigenvalue weighted by Gasteiger charge is 2.14. The van der Waals surface area contributed by atoms with Gasteiger partial charge in [-0.3, -0.25) is 9.59 Å². The van der Waals surface area contributed by atoms with Gasteiger partial charge in [-0.2, -0.15) is 0 Å². The van der Waals surface area contributed by atoms with Gasteiger partial charge in [0.1, 0.15) is 5.75 Å². The van der Waals surface area contributed by atoms with Crippen LogP contribution >= 0.6 is 11.3 Å². The Bertz CT molecular complexity index is 581. The minimum atomic E-state index is -0.367. The molecule has 0 aliphatic rings. The average molecular weight is 276 g/mol. The Balaban J connectivity index is 1.95. The van der Waals surface area contributed by atoms with Crippen molar-refractivity contribution >= 4 is 28.7 Å². The molecule has 0 fully saturated rings. The van der Waals surface area contributed by atoms with Crippen LogP contribution in [0.15, 0.2) is 35.8 Å². The van der Waals surface area contributed by atoms with E-state index in [1.165, 1.54) is 17.5 Å². The molecule has 6 heteroatoms. The summed E-state index contributed by atoms with van der Waals surface area (Å²) in [6.45, 7) is 0.